The van der Waals surface area contributed by atoms with Crippen LogP contribution in [0, 0.1) is 16.7 Å². The Kier molecular flexibility index (Phi) is 6.77. The van der Waals surface area contributed by atoms with Crippen LogP contribution in [0.2, 0.25) is 0 Å². The molecule has 0 aliphatic carbocycles. The zero-order valence-electron chi connectivity index (χ0n) is 17.6. The number of piperidine rings is 1. The molecule has 1 heterocycles. The Bertz CT molecular complexity index is 915. The van der Waals surface area contributed by atoms with Gasteiger partial charge in [0.15, 0.2) is 0 Å². The Hall–Kier alpha value is -2.86. The number of primary amides is 1. The highest BCUT2D eigenvalue weighted by molar-refractivity contribution is 5.93. The minimum Gasteiger partial charge on any atom is -0.366 e. The van der Waals surface area contributed by atoms with Crippen molar-refractivity contribution in [3.63, 3.8) is 0 Å². The van der Waals surface area contributed by atoms with E-state index in [0.29, 0.717) is 24.4 Å². The summed E-state index contributed by atoms with van der Waals surface area (Å²) in [5, 5.41) is 2.71. The third-order valence-corrected chi connectivity index (χ3v) is 6.62. The van der Waals surface area contributed by atoms with Crippen molar-refractivity contribution in [2.45, 2.75) is 32.1 Å². The molecule has 1 saturated heterocycles. The summed E-state index contributed by atoms with van der Waals surface area (Å²) in [4.78, 5) is 37.0. The molecule has 30 heavy (non-hydrogen) atoms. The maximum absolute atomic E-state index is 12.2. The van der Waals surface area contributed by atoms with E-state index in [2.05, 4.69) is 30.0 Å². The van der Waals surface area contributed by atoms with Crippen LogP contribution >= 0.6 is 0 Å². The van der Waals surface area contributed by atoms with Crippen molar-refractivity contribution in [3.05, 3.63) is 76.2 Å². The highest BCUT2D eigenvalue weighted by atomic mass is 16.3. The highest BCUT2D eigenvalue weighted by Crippen LogP contribution is 2.39. The lowest BCUT2D eigenvalue weighted by atomic mass is 9.67. The van der Waals surface area contributed by atoms with Crippen LogP contribution in [0.1, 0.15) is 41.8 Å². The van der Waals surface area contributed by atoms with E-state index in [1.165, 1.54) is 0 Å². The van der Waals surface area contributed by atoms with Gasteiger partial charge in [-0.2, -0.15) is 0 Å². The van der Waals surface area contributed by atoms with E-state index in [9.17, 15) is 14.5 Å². The molecule has 6 nitrogen and oxygen atoms in total. The number of carbonyl (C=O) groups excluding carboxylic acids is 2. The molecule has 0 spiro atoms. The Morgan fingerprint density at radius 2 is 1.93 bits per heavy atom. The Labute approximate surface area is 177 Å². The zero-order valence-corrected chi connectivity index (χ0v) is 17.6. The second-order valence-electron chi connectivity index (χ2n) is 8.59. The summed E-state index contributed by atoms with van der Waals surface area (Å²) in [5.74, 6) is -1.16. The van der Waals surface area contributed by atoms with E-state index < -0.39 is 17.7 Å². The number of hydrogen-bond acceptors (Lipinski definition) is 4. The van der Waals surface area contributed by atoms with Gasteiger partial charge in [0.05, 0.1) is 5.92 Å². The van der Waals surface area contributed by atoms with E-state index in [4.69, 9.17) is 5.73 Å². The number of likely N-dealkylation sites (tertiary alicyclic amines) is 1. The van der Waals surface area contributed by atoms with Crippen LogP contribution in [0.25, 0.3) is 0 Å². The lowest BCUT2D eigenvalue weighted by Gasteiger charge is -2.45. The van der Waals surface area contributed by atoms with Crippen molar-refractivity contribution in [2.75, 3.05) is 19.6 Å². The van der Waals surface area contributed by atoms with Gasteiger partial charge in [-0.1, -0.05) is 56.3 Å². The molecule has 2 N–H and O–H groups in total. The second-order valence-corrected chi connectivity index (χ2v) is 8.59. The van der Waals surface area contributed by atoms with Crippen LogP contribution in [-0.2, 0) is 16.6 Å². The summed E-state index contributed by atoms with van der Waals surface area (Å²) in [6.07, 6.45) is 1.39. The molecule has 3 rings (SSSR count). The fourth-order valence-electron chi connectivity index (χ4n) is 4.45. The summed E-state index contributed by atoms with van der Waals surface area (Å²) >= 11 is 0. The number of carbonyl (C=O) groups is 2. The van der Waals surface area contributed by atoms with Gasteiger partial charge in [0.2, 0.25) is 5.91 Å². The average molecular weight is 408 g/mol. The monoisotopic (exact) mass is 407 g/mol. The lowest BCUT2D eigenvalue weighted by molar-refractivity contribution is -0.122. The predicted molar refractivity (Wildman–Crippen MR) is 117 cm³/mol. The minimum atomic E-state index is -0.589. The first-order chi connectivity index (χ1) is 14.3. The van der Waals surface area contributed by atoms with Crippen molar-refractivity contribution in [1.82, 2.24) is 4.90 Å². The number of benzene rings is 2. The zero-order chi connectivity index (χ0) is 21.7. The quantitative estimate of drug-likeness (QED) is 0.711. The molecule has 2 amide bonds. The van der Waals surface area contributed by atoms with E-state index in [1.807, 2.05) is 42.5 Å². The van der Waals surface area contributed by atoms with Gasteiger partial charge in [-0.15, -0.1) is 4.91 Å². The standard InChI is InChI=1S/C24H29N3O3/c1-17-15-27(16-20(23(29)26-30)13-18-7-4-3-5-8-18)12-11-24(17,2)21-10-6-9-19(14-21)22(25)28/h3-10,14,17,20H,11-13,15-16H2,1-2H3,(H2,25,28)/t17-,20-,24+/m0/s1. The van der Waals surface area contributed by atoms with Gasteiger partial charge in [-0.3, -0.25) is 9.59 Å². The predicted octanol–water partition coefficient (Wildman–Crippen LogP) is 3.54. The second kappa shape index (κ2) is 9.30. The van der Waals surface area contributed by atoms with Crippen LogP contribution in [-0.4, -0.2) is 36.3 Å². The fraction of sp³-hybridized carbons (Fsp3) is 0.417. The van der Waals surface area contributed by atoms with Gasteiger partial charge in [0, 0.05) is 23.8 Å². The molecule has 1 aliphatic heterocycles. The smallest absolute Gasteiger partial charge is 0.291 e. The summed E-state index contributed by atoms with van der Waals surface area (Å²) in [7, 11) is 0. The highest BCUT2D eigenvalue weighted by Gasteiger charge is 2.39. The number of nitrogens with two attached hydrogens (primary N) is 1. The number of nitrogens with zero attached hydrogens (tertiary/aromatic N) is 2. The van der Waals surface area contributed by atoms with E-state index in [-0.39, 0.29) is 5.41 Å². The first kappa shape index (κ1) is 21.8. The van der Waals surface area contributed by atoms with Crippen molar-refractivity contribution in [1.29, 1.82) is 0 Å². The first-order valence-corrected chi connectivity index (χ1v) is 10.4. The molecular weight excluding hydrogens is 378 g/mol. The van der Waals surface area contributed by atoms with E-state index >= 15 is 0 Å². The van der Waals surface area contributed by atoms with Crippen molar-refractivity contribution < 1.29 is 9.59 Å². The van der Waals surface area contributed by atoms with Crippen LogP contribution in [0.5, 0.6) is 0 Å². The topological polar surface area (TPSA) is 92.8 Å². The van der Waals surface area contributed by atoms with Gasteiger partial charge < -0.3 is 10.6 Å². The number of hydrogen-bond donors (Lipinski definition) is 1. The Balaban J connectivity index is 1.71. The number of amides is 2. The summed E-state index contributed by atoms with van der Waals surface area (Å²) < 4.78 is 0. The Morgan fingerprint density at radius 3 is 2.57 bits per heavy atom. The fourth-order valence-corrected chi connectivity index (χ4v) is 4.45. The van der Waals surface area contributed by atoms with Crippen LogP contribution in [0.15, 0.2) is 59.8 Å². The third kappa shape index (κ3) is 4.82. The average Bonchev–Trinajstić information content (AvgIpc) is 2.76. The normalized spacial score (nSPS) is 22.9. The van der Waals surface area contributed by atoms with Gasteiger partial charge in [0.1, 0.15) is 0 Å². The maximum Gasteiger partial charge on any atom is 0.291 e. The molecule has 2 aromatic rings. The molecule has 0 radical (unpaired) electrons. The van der Waals surface area contributed by atoms with Gasteiger partial charge in [-0.05, 0) is 54.0 Å². The molecular formula is C24H29N3O3. The molecule has 6 heteroatoms. The molecule has 0 unspecified atom stereocenters. The van der Waals surface area contributed by atoms with Crippen LogP contribution in [0.3, 0.4) is 0 Å². The molecule has 3 atom stereocenters. The molecule has 1 aliphatic rings. The van der Waals surface area contributed by atoms with Crippen LogP contribution < -0.4 is 5.73 Å². The molecule has 0 saturated carbocycles. The number of rotatable bonds is 7. The molecule has 158 valence electrons. The van der Waals surface area contributed by atoms with Crippen molar-refractivity contribution in [3.8, 4) is 0 Å². The summed E-state index contributed by atoms with van der Waals surface area (Å²) in [6, 6.07) is 17.3. The van der Waals surface area contributed by atoms with Crippen molar-refractivity contribution >= 4 is 11.8 Å². The summed E-state index contributed by atoms with van der Waals surface area (Å²) in [5.41, 5.74) is 8.02. The molecule has 0 aromatic heterocycles. The van der Waals surface area contributed by atoms with Crippen LogP contribution in [0.4, 0.5) is 0 Å². The SMILES string of the molecule is C[C@H]1CN(C[C@H](Cc2ccccc2)C(=O)N=O)CC[C@@]1(C)c1cccc(C(N)=O)c1. The minimum absolute atomic E-state index is 0.0934. The van der Waals surface area contributed by atoms with Gasteiger partial charge in [-0.25, -0.2) is 0 Å². The molecule has 0 bridgehead atoms. The van der Waals surface area contributed by atoms with E-state index in [1.54, 1.807) is 6.07 Å². The lowest BCUT2D eigenvalue weighted by Crippen LogP contribution is -2.49. The van der Waals surface area contributed by atoms with Gasteiger partial charge >= 0.3 is 0 Å². The number of nitroso groups, excluding NO2 is 1. The Morgan fingerprint density at radius 1 is 1.20 bits per heavy atom. The van der Waals surface area contributed by atoms with Crippen molar-refractivity contribution in [2.24, 2.45) is 22.7 Å². The van der Waals surface area contributed by atoms with E-state index in [0.717, 1.165) is 30.6 Å². The molecule has 1 fully saturated rings. The van der Waals surface area contributed by atoms with Gasteiger partial charge in [0.25, 0.3) is 5.91 Å². The first-order valence-electron chi connectivity index (χ1n) is 10.4. The molecule has 2 aromatic carbocycles. The third-order valence-electron chi connectivity index (χ3n) is 6.62. The summed E-state index contributed by atoms with van der Waals surface area (Å²) in [6.45, 7) is 6.53. The maximum atomic E-state index is 12.2. The largest absolute Gasteiger partial charge is 0.366 e.